The van der Waals surface area contributed by atoms with Gasteiger partial charge in [0.2, 0.25) is 5.88 Å². The Morgan fingerprint density at radius 1 is 1.44 bits per heavy atom. The Balaban J connectivity index is 2.17. The molecule has 0 unspecified atom stereocenters. The lowest BCUT2D eigenvalue weighted by atomic mass is 10.3. The van der Waals surface area contributed by atoms with Gasteiger partial charge < -0.3 is 10.5 Å². The van der Waals surface area contributed by atoms with E-state index in [1.165, 1.54) is 0 Å². The van der Waals surface area contributed by atoms with Crippen LogP contribution in [0.5, 0.6) is 11.6 Å². The van der Waals surface area contributed by atoms with E-state index in [1.807, 2.05) is 20.0 Å². The van der Waals surface area contributed by atoms with Crippen molar-refractivity contribution in [1.29, 1.82) is 0 Å². The van der Waals surface area contributed by atoms with Crippen LogP contribution in [0.1, 0.15) is 12.6 Å². The highest BCUT2D eigenvalue weighted by molar-refractivity contribution is 5.44. The van der Waals surface area contributed by atoms with Gasteiger partial charge >= 0.3 is 0 Å². The Morgan fingerprint density at radius 2 is 2.25 bits per heavy atom. The first kappa shape index (κ1) is 10.5. The standard InChI is InChI=1S/C11H14N4O/c1-3-15-7-9(6-13-15)16-11-5-4-10(12)8(2)14-11/h4-7H,3,12H2,1-2H3. The zero-order valence-corrected chi connectivity index (χ0v) is 9.34. The van der Waals surface area contributed by atoms with Crippen LogP contribution in [0.4, 0.5) is 5.69 Å². The van der Waals surface area contributed by atoms with Gasteiger partial charge in [0.15, 0.2) is 5.75 Å². The second kappa shape index (κ2) is 4.22. The number of hydrogen-bond donors (Lipinski definition) is 1. The number of ether oxygens (including phenoxy) is 1. The molecule has 0 saturated heterocycles. The van der Waals surface area contributed by atoms with Crippen LogP contribution in [-0.2, 0) is 6.54 Å². The molecule has 0 radical (unpaired) electrons. The third-order valence-corrected chi connectivity index (χ3v) is 2.26. The van der Waals surface area contributed by atoms with Crippen molar-refractivity contribution in [3.63, 3.8) is 0 Å². The number of pyridine rings is 1. The first-order valence-corrected chi connectivity index (χ1v) is 5.12. The van der Waals surface area contributed by atoms with Gasteiger partial charge in [0.1, 0.15) is 0 Å². The first-order valence-electron chi connectivity index (χ1n) is 5.12. The van der Waals surface area contributed by atoms with Gasteiger partial charge in [-0.1, -0.05) is 0 Å². The zero-order chi connectivity index (χ0) is 11.5. The molecule has 2 N–H and O–H groups in total. The van der Waals surface area contributed by atoms with Gasteiger partial charge in [-0.3, -0.25) is 4.68 Å². The lowest BCUT2D eigenvalue weighted by Crippen LogP contribution is -1.95. The van der Waals surface area contributed by atoms with Crippen molar-refractivity contribution in [2.45, 2.75) is 20.4 Å². The predicted octanol–water partition coefficient (Wildman–Crippen LogP) is 1.98. The largest absolute Gasteiger partial charge is 0.436 e. The number of aryl methyl sites for hydroxylation is 2. The summed E-state index contributed by atoms with van der Waals surface area (Å²) in [6.45, 7) is 4.68. The highest BCUT2D eigenvalue weighted by atomic mass is 16.5. The minimum atomic E-state index is 0.530. The average Bonchev–Trinajstić information content (AvgIpc) is 2.71. The Hall–Kier alpha value is -2.04. The predicted molar refractivity (Wildman–Crippen MR) is 61.4 cm³/mol. The molecular weight excluding hydrogens is 204 g/mol. The molecule has 5 heteroatoms. The van der Waals surface area contributed by atoms with E-state index in [-0.39, 0.29) is 0 Å². The van der Waals surface area contributed by atoms with E-state index < -0.39 is 0 Å². The monoisotopic (exact) mass is 218 g/mol. The van der Waals surface area contributed by atoms with Gasteiger partial charge in [-0.15, -0.1) is 0 Å². The molecule has 5 nitrogen and oxygen atoms in total. The van der Waals surface area contributed by atoms with E-state index in [4.69, 9.17) is 10.5 Å². The lowest BCUT2D eigenvalue weighted by Gasteiger charge is -2.04. The summed E-state index contributed by atoms with van der Waals surface area (Å²) in [6.07, 6.45) is 3.49. The van der Waals surface area contributed by atoms with Gasteiger partial charge in [-0.05, 0) is 19.9 Å². The maximum Gasteiger partial charge on any atom is 0.219 e. The van der Waals surface area contributed by atoms with Crippen LogP contribution in [0.2, 0.25) is 0 Å². The molecule has 0 aliphatic carbocycles. The van der Waals surface area contributed by atoms with E-state index in [9.17, 15) is 0 Å². The minimum Gasteiger partial charge on any atom is -0.436 e. The summed E-state index contributed by atoms with van der Waals surface area (Å²) in [7, 11) is 0. The van der Waals surface area contributed by atoms with Crippen LogP contribution >= 0.6 is 0 Å². The Bertz CT molecular complexity index is 492. The molecule has 16 heavy (non-hydrogen) atoms. The molecule has 0 amide bonds. The number of aromatic nitrogens is 3. The molecule has 0 bridgehead atoms. The maximum absolute atomic E-state index is 5.67. The van der Waals surface area contributed by atoms with Crippen LogP contribution in [-0.4, -0.2) is 14.8 Å². The van der Waals surface area contributed by atoms with Crippen molar-refractivity contribution >= 4 is 5.69 Å². The molecule has 0 aromatic carbocycles. The normalized spacial score (nSPS) is 10.4. The second-order valence-electron chi connectivity index (χ2n) is 3.46. The van der Waals surface area contributed by atoms with Gasteiger partial charge in [0.05, 0.1) is 23.8 Å². The van der Waals surface area contributed by atoms with Crippen molar-refractivity contribution in [2.75, 3.05) is 5.73 Å². The third kappa shape index (κ3) is 2.13. The Morgan fingerprint density at radius 3 is 2.88 bits per heavy atom. The zero-order valence-electron chi connectivity index (χ0n) is 9.34. The van der Waals surface area contributed by atoms with Crippen molar-refractivity contribution in [3.8, 4) is 11.6 Å². The maximum atomic E-state index is 5.67. The van der Waals surface area contributed by atoms with E-state index in [1.54, 1.807) is 23.0 Å². The summed E-state index contributed by atoms with van der Waals surface area (Å²) in [5, 5.41) is 4.11. The minimum absolute atomic E-state index is 0.530. The summed E-state index contributed by atoms with van der Waals surface area (Å²) in [6, 6.07) is 3.52. The van der Waals surface area contributed by atoms with E-state index in [0.29, 0.717) is 17.3 Å². The summed E-state index contributed by atoms with van der Waals surface area (Å²) in [5.41, 5.74) is 7.10. The topological polar surface area (TPSA) is 66.0 Å². The fourth-order valence-corrected chi connectivity index (χ4v) is 1.30. The number of nitrogens with two attached hydrogens (primary N) is 1. The highest BCUT2D eigenvalue weighted by Crippen LogP contribution is 2.20. The average molecular weight is 218 g/mol. The number of anilines is 1. The molecule has 0 atom stereocenters. The number of nitrogens with zero attached hydrogens (tertiary/aromatic N) is 3. The fourth-order valence-electron chi connectivity index (χ4n) is 1.30. The van der Waals surface area contributed by atoms with Gasteiger partial charge in [0, 0.05) is 12.6 Å². The molecule has 2 rings (SSSR count). The van der Waals surface area contributed by atoms with Crippen LogP contribution < -0.4 is 10.5 Å². The van der Waals surface area contributed by atoms with E-state index in [0.717, 1.165) is 12.2 Å². The molecule has 0 fully saturated rings. The molecule has 2 aromatic rings. The molecule has 0 aliphatic rings. The number of hydrogen-bond acceptors (Lipinski definition) is 4. The molecule has 0 spiro atoms. The smallest absolute Gasteiger partial charge is 0.219 e. The van der Waals surface area contributed by atoms with Crippen molar-refractivity contribution < 1.29 is 4.74 Å². The van der Waals surface area contributed by atoms with Gasteiger partial charge in [-0.2, -0.15) is 5.10 Å². The number of nitrogen functional groups attached to an aromatic ring is 1. The van der Waals surface area contributed by atoms with E-state index in [2.05, 4.69) is 10.1 Å². The van der Waals surface area contributed by atoms with Crippen LogP contribution in [0.3, 0.4) is 0 Å². The third-order valence-electron chi connectivity index (χ3n) is 2.26. The fraction of sp³-hybridized carbons (Fsp3) is 0.273. The Kier molecular flexibility index (Phi) is 2.76. The van der Waals surface area contributed by atoms with Gasteiger partial charge in [0.25, 0.3) is 0 Å². The summed E-state index contributed by atoms with van der Waals surface area (Å²) in [5.74, 6) is 1.21. The SMILES string of the molecule is CCn1cc(Oc2ccc(N)c(C)n2)cn1. The molecule has 2 heterocycles. The lowest BCUT2D eigenvalue weighted by molar-refractivity contribution is 0.460. The van der Waals surface area contributed by atoms with Gasteiger partial charge in [-0.25, -0.2) is 4.98 Å². The van der Waals surface area contributed by atoms with Crippen LogP contribution in [0.15, 0.2) is 24.5 Å². The van der Waals surface area contributed by atoms with Crippen molar-refractivity contribution in [1.82, 2.24) is 14.8 Å². The van der Waals surface area contributed by atoms with Crippen molar-refractivity contribution in [2.24, 2.45) is 0 Å². The molecule has 2 aromatic heterocycles. The van der Waals surface area contributed by atoms with Crippen LogP contribution in [0.25, 0.3) is 0 Å². The Labute approximate surface area is 93.9 Å². The first-order chi connectivity index (χ1) is 7.69. The summed E-state index contributed by atoms with van der Waals surface area (Å²) < 4.78 is 7.34. The molecule has 84 valence electrons. The molecule has 0 aliphatic heterocycles. The van der Waals surface area contributed by atoms with E-state index >= 15 is 0 Å². The highest BCUT2D eigenvalue weighted by Gasteiger charge is 2.03. The summed E-state index contributed by atoms with van der Waals surface area (Å²) in [4.78, 5) is 4.22. The quantitative estimate of drug-likeness (QED) is 0.855. The van der Waals surface area contributed by atoms with Crippen LogP contribution in [0, 0.1) is 6.92 Å². The molecule has 0 saturated carbocycles. The van der Waals surface area contributed by atoms with Crippen molar-refractivity contribution in [3.05, 3.63) is 30.2 Å². The number of rotatable bonds is 3. The summed E-state index contributed by atoms with van der Waals surface area (Å²) >= 11 is 0. The molecular formula is C11H14N4O. The second-order valence-corrected chi connectivity index (χ2v) is 3.46.